The monoisotopic (exact) mass is 265 g/mol. The molecule has 1 aliphatic carbocycles. The molecule has 1 spiro atoms. The first-order valence-electron chi connectivity index (χ1n) is 6.89. The number of barbiturate groups is 1. The van der Waals surface area contributed by atoms with Gasteiger partial charge in [-0.05, 0) is 51.7 Å². The van der Waals surface area contributed by atoms with Crippen LogP contribution in [0, 0.1) is 11.3 Å². The largest absolute Gasteiger partial charge is 0.330 e. The number of nitrogens with one attached hydrogen (secondary N) is 1. The van der Waals surface area contributed by atoms with Crippen LogP contribution in [0.25, 0.3) is 0 Å². The molecule has 6 heteroatoms. The van der Waals surface area contributed by atoms with Crippen LogP contribution in [-0.2, 0) is 9.59 Å². The lowest BCUT2D eigenvalue weighted by atomic mass is 9.94. The Labute approximate surface area is 112 Å². The van der Waals surface area contributed by atoms with E-state index in [1.54, 1.807) is 0 Å². The summed E-state index contributed by atoms with van der Waals surface area (Å²) in [4.78, 5) is 39.3. The molecule has 1 saturated carbocycles. The van der Waals surface area contributed by atoms with Gasteiger partial charge in [-0.2, -0.15) is 0 Å². The predicted molar refractivity (Wildman–Crippen MR) is 67.1 cm³/mol. The zero-order valence-electron chi connectivity index (χ0n) is 11.1. The van der Waals surface area contributed by atoms with Crippen molar-refractivity contribution in [2.75, 3.05) is 26.7 Å². The highest BCUT2D eigenvalue weighted by Crippen LogP contribution is 2.49. The van der Waals surface area contributed by atoms with Crippen LogP contribution in [-0.4, -0.2) is 54.3 Å². The lowest BCUT2D eigenvalue weighted by molar-refractivity contribution is -0.145. The number of nitrogens with zero attached hydrogens (tertiary/aromatic N) is 2. The molecule has 0 radical (unpaired) electrons. The molecule has 19 heavy (non-hydrogen) atoms. The quantitative estimate of drug-likeness (QED) is 0.723. The first-order valence-corrected chi connectivity index (χ1v) is 6.89. The van der Waals surface area contributed by atoms with Gasteiger partial charge in [-0.3, -0.25) is 19.8 Å². The summed E-state index contributed by atoms with van der Waals surface area (Å²) in [5.74, 6) is -0.322. The molecule has 0 aromatic carbocycles. The summed E-state index contributed by atoms with van der Waals surface area (Å²) in [7, 11) is 2.08. The number of carbonyl (C=O) groups excluding carboxylic acids is 3. The molecule has 2 saturated heterocycles. The number of carbonyl (C=O) groups is 3. The maximum atomic E-state index is 12.3. The van der Waals surface area contributed by atoms with Crippen molar-refractivity contribution in [3.05, 3.63) is 0 Å². The van der Waals surface area contributed by atoms with Gasteiger partial charge in [-0.25, -0.2) is 4.79 Å². The third-order valence-corrected chi connectivity index (χ3v) is 4.58. The van der Waals surface area contributed by atoms with Gasteiger partial charge < -0.3 is 4.90 Å². The fourth-order valence-electron chi connectivity index (χ4n) is 2.97. The summed E-state index contributed by atoms with van der Waals surface area (Å²) in [5, 5.41) is 2.33. The van der Waals surface area contributed by atoms with Crippen LogP contribution in [0.2, 0.25) is 0 Å². The van der Waals surface area contributed by atoms with E-state index in [2.05, 4.69) is 17.3 Å². The molecular formula is C13H19N3O3. The number of likely N-dealkylation sites (tertiary alicyclic amines) is 1. The van der Waals surface area contributed by atoms with Crippen LogP contribution in [0.15, 0.2) is 0 Å². The van der Waals surface area contributed by atoms with E-state index in [9.17, 15) is 14.4 Å². The van der Waals surface area contributed by atoms with Crippen molar-refractivity contribution in [2.45, 2.75) is 25.7 Å². The van der Waals surface area contributed by atoms with Gasteiger partial charge in [-0.1, -0.05) is 0 Å². The Kier molecular flexibility index (Phi) is 2.85. The van der Waals surface area contributed by atoms with Crippen molar-refractivity contribution < 1.29 is 14.4 Å². The normalized spacial score (nSPS) is 27.8. The highest BCUT2D eigenvalue weighted by atomic mass is 16.2. The molecule has 4 amide bonds. The minimum Gasteiger partial charge on any atom is -0.306 e. The molecule has 0 unspecified atom stereocenters. The van der Waals surface area contributed by atoms with Crippen LogP contribution in [0.5, 0.6) is 0 Å². The Balaban J connectivity index is 1.68. The average molecular weight is 265 g/mol. The molecule has 3 aliphatic rings. The van der Waals surface area contributed by atoms with E-state index in [4.69, 9.17) is 0 Å². The summed E-state index contributed by atoms with van der Waals surface area (Å²) in [6.45, 7) is 2.45. The van der Waals surface area contributed by atoms with Gasteiger partial charge in [0, 0.05) is 6.54 Å². The molecule has 104 valence electrons. The number of urea groups is 1. The topological polar surface area (TPSA) is 69.7 Å². The summed E-state index contributed by atoms with van der Waals surface area (Å²) in [5.41, 5.74) is -0.903. The predicted octanol–water partition coefficient (Wildman–Crippen LogP) is 0.187. The van der Waals surface area contributed by atoms with Gasteiger partial charge >= 0.3 is 6.03 Å². The van der Waals surface area contributed by atoms with Crippen molar-refractivity contribution in [3.63, 3.8) is 0 Å². The fourth-order valence-corrected chi connectivity index (χ4v) is 2.97. The van der Waals surface area contributed by atoms with Crippen molar-refractivity contribution in [1.29, 1.82) is 0 Å². The Hall–Kier alpha value is -1.43. The van der Waals surface area contributed by atoms with Gasteiger partial charge in [0.1, 0.15) is 5.41 Å². The van der Waals surface area contributed by atoms with Crippen LogP contribution >= 0.6 is 0 Å². The summed E-state index contributed by atoms with van der Waals surface area (Å²) in [6, 6.07) is -0.536. The highest BCUT2D eigenvalue weighted by Gasteiger charge is 2.62. The van der Waals surface area contributed by atoms with E-state index in [0.29, 0.717) is 25.3 Å². The maximum absolute atomic E-state index is 12.3. The second-order valence-corrected chi connectivity index (χ2v) is 6.00. The first kappa shape index (κ1) is 12.6. The van der Waals surface area contributed by atoms with Gasteiger partial charge in [0.05, 0.1) is 0 Å². The Morgan fingerprint density at radius 3 is 2.42 bits per heavy atom. The van der Waals surface area contributed by atoms with E-state index >= 15 is 0 Å². The highest BCUT2D eigenvalue weighted by molar-refractivity contribution is 6.20. The number of rotatable bonds is 2. The van der Waals surface area contributed by atoms with Crippen molar-refractivity contribution in [2.24, 2.45) is 11.3 Å². The standard InChI is InChI=1S/C13H19N3O3/c1-15-6-2-9(3-7-15)8-16-11(18)13(4-5-13)10(17)14-12(16)19/h9H,2-8H2,1H3,(H,14,17,19). The Morgan fingerprint density at radius 1 is 1.21 bits per heavy atom. The van der Waals surface area contributed by atoms with Crippen LogP contribution < -0.4 is 5.32 Å². The third-order valence-electron chi connectivity index (χ3n) is 4.58. The summed E-state index contributed by atoms with van der Waals surface area (Å²) >= 11 is 0. The van der Waals surface area contributed by atoms with E-state index in [-0.39, 0.29) is 5.91 Å². The second-order valence-electron chi connectivity index (χ2n) is 6.00. The average Bonchev–Trinajstić information content (AvgIpc) is 3.17. The van der Waals surface area contributed by atoms with Crippen LogP contribution in [0.4, 0.5) is 4.79 Å². The number of piperidine rings is 1. The number of hydrogen-bond donors (Lipinski definition) is 1. The number of amides is 4. The van der Waals surface area contributed by atoms with Gasteiger partial charge in [0.2, 0.25) is 11.8 Å². The van der Waals surface area contributed by atoms with E-state index in [1.165, 1.54) is 4.90 Å². The zero-order valence-corrected chi connectivity index (χ0v) is 11.1. The van der Waals surface area contributed by atoms with Crippen LogP contribution in [0.3, 0.4) is 0 Å². The molecule has 3 rings (SSSR count). The minimum atomic E-state index is -0.903. The third kappa shape index (κ3) is 2.04. The molecule has 0 aromatic rings. The van der Waals surface area contributed by atoms with Gasteiger partial charge in [0.25, 0.3) is 0 Å². The molecule has 2 aliphatic heterocycles. The minimum absolute atomic E-state index is 0.278. The second kappa shape index (κ2) is 4.30. The van der Waals surface area contributed by atoms with Crippen molar-refractivity contribution in [3.8, 4) is 0 Å². The lowest BCUT2D eigenvalue weighted by Gasteiger charge is -2.35. The molecule has 3 fully saturated rings. The van der Waals surface area contributed by atoms with E-state index < -0.39 is 17.4 Å². The summed E-state index contributed by atoms with van der Waals surface area (Å²) in [6.07, 6.45) is 3.15. The summed E-state index contributed by atoms with van der Waals surface area (Å²) < 4.78 is 0. The molecule has 0 bridgehead atoms. The first-order chi connectivity index (χ1) is 9.03. The number of imide groups is 2. The molecule has 1 N–H and O–H groups in total. The smallest absolute Gasteiger partial charge is 0.306 e. The van der Waals surface area contributed by atoms with Crippen molar-refractivity contribution in [1.82, 2.24) is 15.1 Å². The van der Waals surface area contributed by atoms with E-state index in [0.717, 1.165) is 25.9 Å². The van der Waals surface area contributed by atoms with Crippen LogP contribution in [0.1, 0.15) is 25.7 Å². The zero-order chi connectivity index (χ0) is 13.6. The lowest BCUT2D eigenvalue weighted by Crippen LogP contribution is -2.60. The van der Waals surface area contributed by atoms with E-state index in [1.807, 2.05) is 0 Å². The number of hydrogen-bond acceptors (Lipinski definition) is 4. The SMILES string of the molecule is CN1CCC(CN2C(=O)NC(=O)C3(CC3)C2=O)CC1. The Bertz CT molecular complexity index is 436. The van der Waals surface area contributed by atoms with Crippen molar-refractivity contribution >= 4 is 17.8 Å². The Morgan fingerprint density at radius 2 is 1.84 bits per heavy atom. The molecule has 6 nitrogen and oxygen atoms in total. The fraction of sp³-hybridized carbons (Fsp3) is 0.769. The maximum Gasteiger partial charge on any atom is 0.330 e. The van der Waals surface area contributed by atoms with Gasteiger partial charge in [-0.15, -0.1) is 0 Å². The van der Waals surface area contributed by atoms with Gasteiger partial charge in [0.15, 0.2) is 0 Å². The molecule has 2 heterocycles. The molecular weight excluding hydrogens is 246 g/mol. The molecule has 0 atom stereocenters. The molecule has 0 aromatic heterocycles.